The predicted molar refractivity (Wildman–Crippen MR) is 87.4 cm³/mol. The molecule has 0 saturated carbocycles. The Balaban J connectivity index is 2.34. The van der Waals surface area contributed by atoms with Crippen molar-refractivity contribution in [3.8, 4) is 5.75 Å². The van der Waals surface area contributed by atoms with Gasteiger partial charge in [-0.05, 0) is 33.8 Å². The van der Waals surface area contributed by atoms with E-state index in [9.17, 15) is 8.78 Å². The molecule has 0 aliphatic carbocycles. The molecular weight excluding hydrogens is 308 g/mol. The summed E-state index contributed by atoms with van der Waals surface area (Å²) in [4.78, 5) is 0. The van der Waals surface area contributed by atoms with Crippen LogP contribution in [0.4, 0.5) is 8.78 Å². The fraction of sp³-hybridized carbons (Fsp3) is 0.600. The van der Waals surface area contributed by atoms with Crippen LogP contribution in [0.5, 0.6) is 5.75 Å². The molecule has 1 aliphatic heterocycles. The Morgan fingerprint density at radius 3 is 1.91 bits per heavy atom. The summed E-state index contributed by atoms with van der Waals surface area (Å²) >= 11 is 0. The molecule has 22 heavy (non-hydrogen) atoms. The van der Waals surface area contributed by atoms with Gasteiger partial charge in [0.2, 0.25) is 11.6 Å². The van der Waals surface area contributed by atoms with E-state index in [0.29, 0.717) is 0 Å². The zero-order chi connectivity index (χ0) is 16.9. The molecule has 1 fully saturated rings. The largest absolute Gasteiger partial charge is 0.497 e. The molecule has 0 amide bonds. The van der Waals surface area contributed by atoms with Gasteiger partial charge in [-0.1, -0.05) is 6.07 Å². The van der Waals surface area contributed by atoms with Gasteiger partial charge in [-0.25, -0.2) is 4.39 Å². The molecule has 1 aromatic carbocycles. The van der Waals surface area contributed by atoms with Gasteiger partial charge in [0.05, 0.1) is 31.2 Å². The lowest BCUT2D eigenvalue weighted by molar-refractivity contribution is 0.00578. The van der Waals surface area contributed by atoms with Crippen molar-refractivity contribution in [1.29, 1.82) is 0 Å². The highest BCUT2D eigenvalue weighted by Crippen LogP contribution is 2.48. The Morgan fingerprint density at radius 2 is 1.45 bits per heavy atom. The second-order valence-electron chi connectivity index (χ2n) is 7.35. The number of rotatable bonds is 3. The third-order valence-corrected chi connectivity index (χ3v) is 4.70. The van der Waals surface area contributed by atoms with Crippen molar-refractivity contribution in [2.24, 2.45) is 0 Å². The van der Waals surface area contributed by atoms with Crippen molar-refractivity contribution in [2.45, 2.75) is 38.9 Å². The molecule has 7 heteroatoms. The Morgan fingerprint density at radius 1 is 0.955 bits per heavy atom. The first-order chi connectivity index (χ1) is 9.84. The van der Waals surface area contributed by atoms with Crippen LogP contribution in [-0.4, -0.2) is 38.3 Å². The van der Waals surface area contributed by atoms with Gasteiger partial charge in [0.1, 0.15) is 0 Å². The van der Waals surface area contributed by atoms with Gasteiger partial charge in [0.25, 0.3) is 0 Å². The SMILES string of the molecule is CC1(C)OB(c2ccc(O[P+](C)(C)C)c(F)c2F)OC1(C)C. The van der Waals surface area contributed by atoms with Crippen molar-refractivity contribution >= 4 is 20.1 Å². The van der Waals surface area contributed by atoms with Crippen molar-refractivity contribution in [2.75, 3.05) is 20.0 Å². The van der Waals surface area contributed by atoms with Gasteiger partial charge in [-0.15, -0.1) is 0 Å². The molecule has 0 spiro atoms. The van der Waals surface area contributed by atoms with Crippen LogP contribution in [0.2, 0.25) is 0 Å². The smallest absolute Gasteiger partial charge is 0.399 e. The van der Waals surface area contributed by atoms with Crippen LogP contribution >= 0.6 is 7.49 Å². The fourth-order valence-electron chi connectivity index (χ4n) is 2.06. The monoisotopic (exact) mass is 331 g/mol. The molecule has 0 aromatic heterocycles. The van der Waals surface area contributed by atoms with Crippen LogP contribution in [0.3, 0.4) is 0 Å². The molecule has 0 unspecified atom stereocenters. The van der Waals surface area contributed by atoms with Gasteiger partial charge < -0.3 is 13.8 Å². The zero-order valence-electron chi connectivity index (χ0n) is 14.2. The highest BCUT2D eigenvalue weighted by Gasteiger charge is 2.52. The highest BCUT2D eigenvalue weighted by atomic mass is 31.2. The highest BCUT2D eigenvalue weighted by molar-refractivity contribution is 7.69. The molecule has 1 saturated heterocycles. The molecule has 3 nitrogen and oxygen atoms in total. The van der Waals surface area contributed by atoms with E-state index < -0.39 is 37.4 Å². The van der Waals surface area contributed by atoms with Gasteiger partial charge in [0.15, 0.2) is 13.3 Å². The maximum Gasteiger partial charge on any atom is 0.497 e. The Labute approximate surface area is 131 Å². The van der Waals surface area contributed by atoms with E-state index in [2.05, 4.69) is 0 Å². The lowest BCUT2D eigenvalue weighted by Gasteiger charge is -2.32. The van der Waals surface area contributed by atoms with Gasteiger partial charge in [-0.3, -0.25) is 0 Å². The molecule has 1 heterocycles. The van der Waals surface area contributed by atoms with Crippen molar-refractivity contribution < 1.29 is 22.6 Å². The van der Waals surface area contributed by atoms with Crippen LogP contribution in [-0.2, 0) is 9.31 Å². The average molecular weight is 331 g/mol. The maximum absolute atomic E-state index is 14.4. The molecule has 1 aromatic rings. The standard InChI is InChI=1S/C15H23BF2O3P/c1-14(2)15(3,4)21-16(20-14)10-8-9-11(13(18)12(10)17)19-22(5,6)7/h8-9H,1-7H3/q+1. The summed E-state index contributed by atoms with van der Waals surface area (Å²) in [6.07, 6.45) is 0. The lowest BCUT2D eigenvalue weighted by atomic mass is 9.78. The normalized spacial score (nSPS) is 20.3. The molecule has 0 atom stereocenters. The van der Waals surface area contributed by atoms with Gasteiger partial charge >= 0.3 is 7.12 Å². The number of benzene rings is 1. The minimum absolute atomic E-state index is 0.0516. The second kappa shape index (κ2) is 5.43. The summed E-state index contributed by atoms with van der Waals surface area (Å²) in [5.41, 5.74) is -1.16. The molecule has 2 rings (SSSR count). The summed E-state index contributed by atoms with van der Waals surface area (Å²) in [5.74, 6) is -2.05. The third-order valence-electron chi connectivity index (χ3n) is 3.96. The number of hydrogen-bond donors (Lipinski definition) is 0. The quantitative estimate of drug-likeness (QED) is 0.627. The van der Waals surface area contributed by atoms with E-state index in [1.54, 1.807) is 0 Å². The summed E-state index contributed by atoms with van der Waals surface area (Å²) in [6.45, 7) is 13.1. The zero-order valence-corrected chi connectivity index (χ0v) is 15.1. The predicted octanol–water partition coefficient (Wildman–Crippen LogP) is 3.46. The summed E-state index contributed by atoms with van der Waals surface area (Å²) in [7, 11) is -2.67. The van der Waals surface area contributed by atoms with Gasteiger partial charge in [0, 0.05) is 5.46 Å². The van der Waals surface area contributed by atoms with E-state index in [-0.39, 0.29) is 11.2 Å². The van der Waals surface area contributed by atoms with Crippen LogP contribution in [0.15, 0.2) is 12.1 Å². The van der Waals surface area contributed by atoms with Crippen LogP contribution < -0.4 is 9.99 Å². The Bertz CT molecular complexity index is 569. The molecular formula is C15H23BF2O3P+. The molecule has 1 aliphatic rings. The topological polar surface area (TPSA) is 27.7 Å². The molecule has 0 bridgehead atoms. The van der Waals surface area contributed by atoms with E-state index in [0.717, 1.165) is 0 Å². The summed E-state index contributed by atoms with van der Waals surface area (Å²) in [5, 5.41) is 0. The first-order valence-electron chi connectivity index (χ1n) is 7.19. The first-order valence-corrected chi connectivity index (χ1v) is 10.2. The summed E-state index contributed by atoms with van der Waals surface area (Å²) < 4.78 is 45.7. The van der Waals surface area contributed by atoms with Crippen LogP contribution in [0.1, 0.15) is 27.7 Å². The summed E-state index contributed by atoms with van der Waals surface area (Å²) in [6, 6.07) is 2.90. The minimum atomic E-state index is -1.74. The van der Waals surface area contributed by atoms with E-state index in [1.807, 2.05) is 47.7 Å². The van der Waals surface area contributed by atoms with Crippen LogP contribution in [0.25, 0.3) is 0 Å². The van der Waals surface area contributed by atoms with Crippen LogP contribution in [0, 0.1) is 11.6 Å². The average Bonchev–Trinajstić information content (AvgIpc) is 2.53. The van der Waals surface area contributed by atoms with Crippen molar-refractivity contribution in [1.82, 2.24) is 0 Å². The lowest BCUT2D eigenvalue weighted by Crippen LogP contribution is -2.41. The first kappa shape index (κ1) is 17.6. The number of hydrogen-bond acceptors (Lipinski definition) is 3. The second-order valence-corrected chi connectivity index (χ2v) is 11.3. The van der Waals surface area contributed by atoms with Gasteiger partial charge in [-0.2, -0.15) is 4.39 Å². The molecule has 122 valence electrons. The Kier molecular flexibility index (Phi) is 4.36. The molecule has 0 N–H and O–H groups in total. The number of halogens is 2. The van der Waals surface area contributed by atoms with E-state index in [4.69, 9.17) is 13.8 Å². The van der Waals surface area contributed by atoms with E-state index >= 15 is 0 Å². The third kappa shape index (κ3) is 3.29. The van der Waals surface area contributed by atoms with Crippen molar-refractivity contribution in [3.63, 3.8) is 0 Å². The van der Waals surface area contributed by atoms with E-state index in [1.165, 1.54) is 12.1 Å². The fourth-order valence-corrected chi connectivity index (χ4v) is 2.80. The minimum Gasteiger partial charge on any atom is -0.399 e. The van der Waals surface area contributed by atoms with Crippen molar-refractivity contribution in [3.05, 3.63) is 23.8 Å². The maximum atomic E-state index is 14.4. The molecule has 0 radical (unpaired) electrons. The Hall–Kier alpha value is -0.705.